The van der Waals surface area contributed by atoms with Crippen LogP contribution in [0.25, 0.3) is 17.0 Å². The van der Waals surface area contributed by atoms with Crippen LogP contribution in [0.1, 0.15) is 29.5 Å². The zero-order valence-corrected chi connectivity index (χ0v) is 15.1. The summed E-state index contributed by atoms with van der Waals surface area (Å²) in [6.45, 7) is 4.70. The highest BCUT2D eigenvalue weighted by Crippen LogP contribution is 2.20. The summed E-state index contributed by atoms with van der Waals surface area (Å²) in [5.41, 5.74) is 2.78. The van der Waals surface area contributed by atoms with Gasteiger partial charge in [-0.15, -0.1) is 0 Å². The number of carbonyl (C=O) groups is 1. The molecule has 0 atom stereocenters. The molecule has 136 valence electrons. The molecule has 4 aromatic rings. The molecule has 1 N–H and O–H groups in total. The molecule has 8 heteroatoms. The largest absolute Gasteiger partial charge is 0.305 e. The smallest absolute Gasteiger partial charge is 0.275 e. The number of aryl methyl sites for hydroxylation is 2. The number of rotatable bonds is 5. The van der Waals surface area contributed by atoms with E-state index in [1.807, 2.05) is 43.3 Å². The molecule has 0 saturated carbocycles. The van der Waals surface area contributed by atoms with Crippen molar-refractivity contribution in [2.45, 2.75) is 26.8 Å². The molecule has 3 aromatic heterocycles. The van der Waals surface area contributed by atoms with Crippen molar-refractivity contribution < 1.29 is 4.79 Å². The highest BCUT2D eigenvalue weighted by atomic mass is 16.2. The number of nitrogens with zero attached hydrogens (tertiary/aromatic N) is 6. The van der Waals surface area contributed by atoms with Gasteiger partial charge in [0.2, 0.25) is 0 Å². The van der Waals surface area contributed by atoms with Crippen molar-refractivity contribution in [1.82, 2.24) is 29.4 Å². The van der Waals surface area contributed by atoms with Crippen LogP contribution >= 0.6 is 0 Å². The first-order valence-electron chi connectivity index (χ1n) is 8.77. The van der Waals surface area contributed by atoms with Gasteiger partial charge < -0.3 is 5.32 Å². The molecule has 8 nitrogen and oxygen atoms in total. The molecule has 0 unspecified atom stereocenters. The number of fused-ring (bicyclic) bond motifs is 1. The van der Waals surface area contributed by atoms with Crippen LogP contribution in [0.5, 0.6) is 0 Å². The minimum atomic E-state index is -0.290. The molecule has 27 heavy (non-hydrogen) atoms. The molecule has 0 radical (unpaired) electrons. The van der Waals surface area contributed by atoms with Crippen LogP contribution in [0.4, 0.5) is 5.82 Å². The average Bonchev–Trinajstić information content (AvgIpc) is 3.28. The van der Waals surface area contributed by atoms with Crippen LogP contribution in [0, 0.1) is 6.92 Å². The van der Waals surface area contributed by atoms with E-state index in [1.165, 1.54) is 10.8 Å². The average molecular weight is 361 g/mol. The minimum Gasteiger partial charge on any atom is -0.305 e. The van der Waals surface area contributed by atoms with Crippen molar-refractivity contribution in [3.05, 3.63) is 60.2 Å². The topological polar surface area (TPSA) is 90.0 Å². The Morgan fingerprint density at radius 1 is 1.19 bits per heavy atom. The first-order valence-corrected chi connectivity index (χ1v) is 8.77. The third kappa shape index (κ3) is 3.29. The number of hydrogen-bond acceptors (Lipinski definition) is 5. The quantitative estimate of drug-likeness (QED) is 0.590. The standard InChI is InChI=1S/C19H19N7O/c1-3-9-25-17(10-13(2)24-25)23-18(27)16-11-15(14-7-5-4-6-8-14)22-19-20-12-21-26(16)19/h4-8,10-12H,3,9H2,1-2H3,(H,23,27). The van der Waals surface area contributed by atoms with Gasteiger partial charge in [0.05, 0.1) is 11.4 Å². The lowest BCUT2D eigenvalue weighted by molar-refractivity contribution is 0.101. The van der Waals surface area contributed by atoms with Crippen LogP contribution in [-0.4, -0.2) is 35.3 Å². The van der Waals surface area contributed by atoms with Gasteiger partial charge in [0.25, 0.3) is 11.7 Å². The van der Waals surface area contributed by atoms with E-state index in [9.17, 15) is 4.79 Å². The molecule has 1 amide bonds. The maximum atomic E-state index is 13.0. The number of nitrogens with one attached hydrogen (secondary N) is 1. The highest BCUT2D eigenvalue weighted by Gasteiger charge is 2.17. The van der Waals surface area contributed by atoms with E-state index in [2.05, 4.69) is 32.4 Å². The van der Waals surface area contributed by atoms with Gasteiger partial charge in [-0.05, 0) is 19.4 Å². The number of carbonyl (C=O) groups excluding carboxylic acids is 1. The Balaban J connectivity index is 1.74. The van der Waals surface area contributed by atoms with Gasteiger partial charge in [0.15, 0.2) is 0 Å². The Labute approximate surface area is 155 Å². The monoisotopic (exact) mass is 361 g/mol. The molecule has 0 saturated heterocycles. The van der Waals surface area contributed by atoms with Gasteiger partial charge >= 0.3 is 0 Å². The lowest BCUT2D eigenvalue weighted by atomic mass is 10.1. The first-order chi connectivity index (χ1) is 13.2. The Morgan fingerprint density at radius 2 is 2.00 bits per heavy atom. The lowest BCUT2D eigenvalue weighted by Crippen LogP contribution is -2.19. The summed E-state index contributed by atoms with van der Waals surface area (Å²) in [7, 11) is 0. The van der Waals surface area contributed by atoms with E-state index in [4.69, 9.17) is 0 Å². The summed E-state index contributed by atoms with van der Waals surface area (Å²) in [6.07, 6.45) is 2.31. The van der Waals surface area contributed by atoms with Crippen molar-refractivity contribution in [1.29, 1.82) is 0 Å². The van der Waals surface area contributed by atoms with Crippen molar-refractivity contribution in [3.63, 3.8) is 0 Å². The van der Waals surface area contributed by atoms with Gasteiger partial charge in [-0.25, -0.2) is 9.67 Å². The van der Waals surface area contributed by atoms with Gasteiger partial charge in [0, 0.05) is 18.2 Å². The maximum Gasteiger partial charge on any atom is 0.275 e. The van der Waals surface area contributed by atoms with E-state index in [-0.39, 0.29) is 5.91 Å². The summed E-state index contributed by atoms with van der Waals surface area (Å²) in [5, 5.41) is 11.5. The number of aromatic nitrogens is 6. The van der Waals surface area contributed by atoms with Crippen LogP contribution in [0.2, 0.25) is 0 Å². The summed E-state index contributed by atoms with van der Waals surface area (Å²) < 4.78 is 3.24. The number of anilines is 1. The zero-order chi connectivity index (χ0) is 18.8. The summed E-state index contributed by atoms with van der Waals surface area (Å²) in [5.74, 6) is 0.743. The molecular formula is C19H19N7O. The Morgan fingerprint density at radius 3 is 2.78 bits per heavy atom. The fraction of sp³-hybridized carbons (Fsp3) is 0.211. The number of amides is 1. The molecule has 3 heterocycles. The normalized spacial score (nSPS) is 11.0. The fourth-order valence-electron chi connectivity index (χ4n) is 2.94. The van der Waals surface area contributed by atoms with E-state index in [1.54, 1.807) is 10.7 Å². The SMILES string of the molecule is CCCn1nc(C)cc1NC(=O)c1cc(-c2ccccc2)nc2ncnn12. The van der Waals surface area contributed by atoms with Crippen molar-refractivity contribution in [3.8, 4) is 11.3 Å². The Bertz CT molecular complexity index is 1100. The van der Waals surface area contributed by atoms with Crippen molar-refractivity contribution >= 4 is 17.5 Å². The molecule has 4 rings (SSSR count). The van der Waals surface area contributed by atoms with E-state index in [0.717, 1.165) is 24.2 Å². The molecule has 0 aliphatic carbocycles. The van der Waals surface area contributed by atoms with Gasteiger partial charge in [-0.1, -0.05) is 37.3 Å². The maximum absolute atomic E-state index is 13.0. The van der Waals surface area contributed by atoms with Crippen LogP contribution in [0.3, 0.4) is 0 Å². The third-order valence-electron chi connectivity index (χ3n) is 4.13. The predicted molar refractivity (Wildman–Crippen MR) is 101 cm³/mol. The van der Waals surface area contributed by atoms with Gasteiger partial charge in [-0.3, -0.25) is 4.79 Å². The molecule has 0 spiro atoms. The highest BCUT2D eigenvalue weighted by molar-refractivity contribution is 6.03. The lowest BCUT2D eigenvalue weighted by Gasteiger charge is -2.10. The second-order valence-electron chi connectivity index (χ2n) is 6.21. The minimum absolute atomic E-state index is 0.290. The van der Waals surface area contributed by atoms with Crippen LogP contribution in [-0.2, 0) is 6.54 Å². The Hall–Kier alpha value is -3.55. The molecule has 1 aromatic carbocycles. The number of benzene rings is 1. The van der Waals surface area contributed by atoms with Crippen molar-refractivity contribution in [2.24, 2.45) is 0 Å². The van der Waals surface area contributed by atoms with Gasteiger partial charge in [-0.2, -0.15) is 19.7 Å². The van der Waals surface area contributed by atoms with E-state index >= 15 is 0 Å². The molecule has 0 fully saturated rings. The second-order valence-corrected chi connectivity index (χ2v) is 6.21. The predicted octanol–water partition coefficient (Wildman–Crippen LogP) is 2.96. The third-order valence-corrected chi connectivity index (χ3v) is 4.13. The molecular weight excluding hydrogens is 342 g/mol. The number of hydrogen-bond donors (Lipinski definition) is 1. The van der Waals surface area contributed by atoms with Crippen LogP contribution in [0.15, 0.2) is 48.8 Å². The zero-order valence-electron chi connectivity index (χ0n) is 15.1. The molecule has 0 bridgehead atoms. The molecule has 0 aliphatic rings. The summed E-state index contributed by atoms with van der Waals surface area (Å²) in [6, 6.07) is 13.2. The fourth-order valence-corrected chi connectivity index (χ4v) is 2.94. The first kappa shape index (κ1) is 16.9. The molecule has 0 aliphatic heterocycles. The van der Waals surface area contributed by atoms with E-state index < -0.39 is 0 Å². The van der Waals surface area contributed by atoms with E-state index in [0.29, 0.717) is 23.0 Å². The summed E-state index contributed by atoms with van der Waals surface area (Å²) >= 11 is 0. The Kier molecular flexibility index (Phi) is 4.37. The van der Waals surface area contributed by atoms with Crippen LogP contribution < -0.4 is 5.32 Å². The second kappa shape index (κ2) is 6.99. The summed E-state index contributed by atoms with van der Waals surface area (Å²) in [4.78, 5) is 21.7. The van der Waals surface area contributed by atoms with Crippen molar-refractivity contribution in [2.75, 3.05) is 5.32 Å². The van der Waals surface area contributed by atoms with Gasteiger partial charge in [0.1, 0.15) is 17.8 Å².